The van der Waals surface area contributed by atoms with Crippen molar-refractivity contribution in [2.24, 2.45) is 10.1 Å². The minimum absolute atomic E-state index is 0.127. The molecule has 31 heavy (non-hydrogen) atoms. The number of carbonyl (C=O) groups is 1. The monoisotopic (exact) mass is 443 g/mol. The van der Waals surface area contributed by atoms with Crippen molar-refractivity contribution in [1.29, 1.82) is 0 Å². The fraction of sp³-hybridized carbons (Fsp3) is 0.381. The molecule has 1 aromatic heterocycles. The van der Waals surface area contributed by atoms with Crippen LogP contribution in [0.3, 0.4) is 0 Å². The molecule has 1 amide bonds. The molecular weight excluding hydrogens is 418 g/mol. The van der Waals surface area contributed by atoms with Crippen molar-refractivity contribution in [2.75, 3.05) is 11.3 Å². The fourth-order valence-corrected chi connectivity index (χ4v) is 4.93. The predicted octanol–water partition coefficient (Wildman–Crippen LogP) is 2.28. The number of fused-ring (bicyclic) bond motifs is 1. The van der Waals surface area contributed by atoms with Crippen LogP contribution in [0, 0.1) is 6.92 Å². The minimum atomic E-state index is -3.86. The Morgan fingerprint density at radius 3 is 2.77 bits per heavy atom. The zero-order valence-corrected chi connectivity index (χ0v) is 18.0. The average molecular weight is 444 g/mol. The van der Waals surface area contributed by atoms with Gasteiger partial charge in [0.1, 0.15) is 12.4 Å². The van der Waals surface area contributed by atoms with Gasteiger partial charge in [-0.05, 0) is 44.0 Å². The molecule has 1 aliphatic carbocycles. The summed E-state index contributed by atoms with van der Waals surface area (Å²) in [5.74, 6) is 0.123. The van der Waals surface area contributed by atoms with Gasteiger partial charge in [0.25, 0.3) is 5.91 Å². The molecule has 164 valence electrons. The lowest BCUT2D eigenvalue weighted by molar-refractivity contribution is 0.0788. The van der Waals surface area contributed by atoms with Crippen LogP contribution in [0.4, 0.5) is 5.69 Å². The number of anilines is 1. The normalized spacial score (nSPS) is 18.8. The summed E-state index contributed by atoms with van der Waals surface area (Å²) in [6.45, 7) is 2.08. The quantitative estimate of drug-likeness (QED) is 0.649. The average Bonchev–Trinajstić information content (AvgIpc) is 2.72. The van der Waals surface area contributed by atoms with Crippen LogP contribution in [0.25, 0.3) is 0 Å². The van der Waals surface area contributed by atoms with Gasteiger partial charge in [-0.1, -0.05) is 25.3 Å². The highest BCUT2D eigenvalue weighted by Crippen LogP contribution is 2.33. The van der Waals surface area contributed by atoms with E-state index in [9.17, 15) is 13.2 Å². The number of benzene rings is 1. The Bertz CT molecular complexity index is 1140. The van der Waals surface area contributed by atoms with Crippen LogP contribution in [0.2, 0.25) is 0 Å². The van der Waals surface area contributed by atoms with E-state index in [-0.39, 0.29) is 18.3 Å². The van der Waals surface area contributed by atoms with Gasteiger partial charge in [0, 0.05) is 17.5 Å². The van der Waals surface area contributed by atoms with E-state index in [0.29, 0.717) is 22.6 Å². The first-order valence-electron chi connectivity index (χ1n) is 10.2. The standard InChI is InChI=1S/C21H25N5O4S/c1-14-12-15(8-11-23-14)20(27)24-21(9-3-2-4-10-21)13-30-17-7-5-6-16-18(17)19(22)26-31(28,29)25-16/h5-8,11-12,25H,2-4,9-10,13H2,1H3,(H2,22,26)(H,24,27). The van der Waals surface area contributed by atoms with E-state index in [1.54, 1.807) is 36.5 Å². The third-order valence-electron chi connectivity index (χ3n) is 5.59. The molecule has 1 saturated carbocycles. The minimum Gasteiger partial charge on any atom is -0.490 e. The van der Waals surface area contributed by atoms with Crippen LogP contribution in [-0.2, 0) is 10.2 Å². The SMILES string of the molecule is Cc1cc(C(=O)NC2(COc3cccc4c3C(N)=NS(=O)(=O)N4)CCCCC2)ccn1. The van der Waals surface area contributed by atoms with Crippen LogP contribution < -0.4 is 20.5 Å². The second-order valence-corrected chi connectivity index (χ2v) is 9.34. The third-order valence-corrected chi connectivity index (χ3v) is 6.51. The van der Waals surface area contributed by atoms with Crippen molar-refractivity contribution in [1.82, 2.24) is 10.3 Å². The lowest BCUT2D eigenvalue weighted by Gasteiger charge is -2.38. The number of nitrogens with two attached hydrogens (primary N) is 1. The zero-order valence-electron chi connectivity index (χ0n) is 17.2. The van der Waals surface area contributed by atoms with Crippen molar-refractivity contribution >= 4 is 27.6 Å². The molecule has 2 aromatic rings. The Kier molecular flexibility index (Phi) is 5.57. The molecule has 0 spiro atoms. The van der Waals surface area contributed by atoms with Crippen molar-refractivity contribution in [2.45, 2.75) is 44.6 Å². The molecule has 4 N–H and O–H groups in total. The van der Waals surface area contributed by atoms with Gasteiger partial charge in [0.15, 0.2) is 5.84 Å². The van der Waals surface area contributed by atoms with Crippen LogP contribution in [0.1, 0.15) is 53.7 Å². The van der Waals surface area contributed by atoms with Gasteiger partial charge in [-0.3, -0.25) is 14.5 Å². The smallest absolute Gasteiger partial charge is 0.344 e. The maximum atomic E-state index is 12.9. The highest BCUT2D eigenvalue weighted by molar-refractivity contribution is 7.91. The predicted molar refractivity (Wildman–Crippen MR) is 117 cm³/mol. The summed E-state index contributed by atoms with van der Waals surface area (Å²) >= 11 is 0. The number of aryl methyl sites for hydroxylation is 1. The first-order chi connectivity index (χ1) is 14.8. The second-order valence-electron chi connectivity index (χ2n) is 8.00. The third kappa shape index (κ3) is 4.63. The molecule has 2 heterocycles. The highest BCUT2D eigenvalue weighted by Gasteiger charge is 2.35. The molecule has 9 nitrogen and oxygen atoms in total. The summed E-state index contributed by atoms with van der Waals surface area (Å²) < 4.78 is 35.6. The van der Waals surface area contributed by atoms with Crippen LogP contribution in [0.5, 0.6) is 5.75 Å². The Balaban J connectivity index is 1.57. The number of hydrogen-bond acceptors (Lipinski definition) is 6. The maximum Gasteiger partial charge on any atom is 0.344 e. The summed E-state index contributed by atoms with van der Waals surface area (Å²) in [4.78, 5) is 17.1. The van der Waals surface area contributed by atoms with E-state index in [1.165, 1.54) is 0 Å². The number of amides is 1. The van der Waals surface area contributed by atoms with Crippen molar-refractivity contribution < 1.29 is 17.9 Å². The zero-order chi connectivity index (χ0) is 22.1. The molecule has 1 aliphatic heterocycles. The number of hydrogen-bond donors (Lipinski definition) is 3. The largest absolute Gasteiger partial charge is 0.490 e. The van der Waals surface area contributed by atoms with Gasteiger partial charge in [0.2, 0.25) is 0 Å². The van der Waals surface area contributed by atoms with Gasteiger partial charge in [0.05, 0.1) is 16.8 Å². The van der Waals surface area contributed by atoms with Crippen LogP contribution in [-0.4, -0.2) is 37.3 Å². The number of rotatable bonds is 5. The molecule has 1 aromatic carbocycles. The van der Waals surface area contributed by atoms with Crippen molar-refractivity contribution in [3.63, 3.8) is 0 Å². The molecule has 0 bridgehead atoms. The van der Waals surface area contributed by atoms with E-state index >= 15 is 0 Å². The first kappa shape index (κ1) is 21.1. The van der Waals surface area contributed by atoms with Crippen molar-refractivity contribution in [3.05, 3.63) is 53.3 Å². The first-order valence-corrected chi connectivity index (χ1v) is 11.6. The van der Waals surface area contributed by atoms with Crippen LogP contribution >= 0.6 is 0 Å². The summed E-state index contributed by atoms with van der Waals surface area (Å²) in [5.41, 5.74) is 7.43. The summed E-state index contributed by atoms with van der Waals surface area (Å²) in [5, 5.41) is 3.19. The topological polar surface area (TPSA) is 136 Å². The molecule has 0 saturated heterocycles. The van der Waals surface area contributed by atoms with E-state index in [2.05, 4.69) is 19.4 Å². The summed E-state index contributed by atoms with van der Waals surface area (Å²) in [7, 11) is -3.86. The van der Waals surface area contributed by atoms with E-state index in [0.717, 1.165) is 37.8 Å². The molecule has 2 aliphatic rings. The van der Waals surface area contributed by atoms with Gasteiger partial charge in [-0.15, -0.1) is 4.40 Å². The number of amidine groups is 1. The maximum absolute atomic E-state index is 12.9. The number of nitrogens with zero attached hydrogens (tertiary/aromatic N) is 2. The fourth-order valence-electron chi connectivity index (χ4n) is 4.09. The van der Waals surface area contributed by atoms with Gasteiger partial charge >= 0.3 is 10.2 Å². The number of carbonyl (C=O) groups excluding carboxylic acids is 1. The van der Waals surface area contributed by atoms with Crippen molar-refractivity contribution in [3.8, 4) is 5.75 Å². The van der Waals surface area contributed by atoms with Crippen LogP contribution in [0.15, 0.2) is 40.9 Å². The molecule has 1 fully saturated rings. The molecule has 0 unspecified atom stereocenters. The van der Waals surface area contributed by atoms with Gasteiger partial charge < -0.3 is 15.8 Å². The van der Waals surface area contributed by atoms with E-state index in [4.69, 9.17) is 10.5 Å². The van der Waals surface area contributed by atoms with E-state index < -0.39 is 15.7 Å². The van der Waals surface area contributed by atoms with E-state index in [1.807, 2.05) is 6.92 Å². The highest BCUT2D eigenvalue weighted by atomic mass is 32.2. The molecule has 4 rings (SSSR count). The summed E-state index contributed by atoms with van der Waals surface area (Å²) in [6, 6.07) is 8.44. The molecule has 10 heteroatoms. The summed E-state index contributed by atoms with van der Waals surface area (Å²) in [6.07, 6.45) is 6.26. The van der Waals surface area contributed by atoms with Gasteiger partial charge in [-0.2, -0.15) is 8.42 Å². The molecule has 0 atom stereocenters. The number of pyridine rings is 1. The Labute approximate surface area is 181 Å². The number of nitrogens with one attached hydrogen (secondary N) is 2. The Morgan fingerprint density at radius 2 is 2.03 bits per heavy atom. The van der Waals surface area contributed by atoms with Gasteiger partial charge in [-0.25, -0.2) is 0 Å². The molecular formula is C21H25N5O4S. The second kappa shape index (κ2) is 8.18. The Morgan fingerprint density at radius 1 is 1.26 bits per heavy atom. The number of ether oxygens (including phenoxy) is 1. The Hall–Kier alpha value is -3.14. The lowest BCUT2D eigenvalue weighted by Crippen LogP contribution is -2.54. The lowest BCUT2D eigenvalue weighted by atomic mass is 9.82. The number of aromatic nitrogens is 1. The molecule has 0 radical (unpaired) electrons.